The van der Waals surface area contributed by atoms with Crippen molar-refractivity contribution in [1.29, 1.82) is 0 Å². The number of sulfonamides is 1. The first-order chi connectivity index (χ1) is 13.2. The second-order valence-corrected chi connectivity index (χ2v) is 7.25. The zero-order valence-electron chi connectivity index (χ0n) is 15.3. The molecule has 0 aliphatic carbocycles. The van der Waals surface area contributed by atoms with Crippen LogP contribution in [-0.4, -0.2) is 40.6 Å². The lowest BCUT2D eigenvalue weighted by Gasteiger charge is -2.15. The van der Waals surface area contributed by atoms with E-state index in [0.717, 1.165) is 13.2 Å². The highest BCUT2D eigenvalue weighted by atomic mass is 32.2. The van der Waals surface area contributed by atoms with E-state index in [1.54, 1.807) is 0 Å². The zero-order valence-corrected chi connectivity index (χ0v) is 16.1. The number of benzene rings is 2. The van der Waals surface area contributed by atoms with Crippen molar-refractivity contribution < 1.29 is 32.3 Å². The Hall–Kier alpha value is -3.34. The quantitative estimate of drug-likeness (QED) is 0.398. The highest BCUT2D eigenvalue weighted by molar-refractivity contribution is 7.91. The number of ether oxygens (including phenoxy) is 3. The molecule has 0 saturated heterocycles. The Morgan fingerprint density at radius 3 is 2.32 bits per heavy atom. The van der Waals surface area contributed by atoms with Crippen LogP contribution in [0.2, 0.25) is 0 Å². The molecule has 0 aliphatic rings. The van der Waals surface area contributed by atoms with Crippen LogP contribution in [0.3, 0.4) is 0 Å². The fraction of sp³-hybridized carbons (Fsp3) is 0.235. The van der Waals surface area contributed by atoms with Crippen LogP contribution in [0, 0.1) is 10.1 Å². The first kappa shape index (κ1) is 21.0. The molecular weight excluding hydrogens is 392 g/mol. The maximum absolute atomic E-state index is 12.6. The van der Waals surface area contributed by atoms with Gasteiger partial charge in [0.1, 0.15) is 0 Å². The summed E-state index contributed by atoms with van der Waals surface area (Å²) < 4.78 is 42.3. The highest BCUT2D eigenvalue weighted by Crippen LogP contribution is 2.34. The Kier molecular flexibility index (Phi) is 6.41. The largest absolute Gasteiger partial charge is 0.493 e. The molecule has 0 spiro atoms. The summed E-state index contributed by atoms with van der Waals surface area (Å²) in [6.45, 7) is 0. The number of nitrogens with one attached hydrogen (secondary N) is 1. The molecule has 0 fully saturated rings. The van der Waals surface area contributed by atoms with E-state index < -0.39 is 26.7 Å². The van der Waals surface area contributed by atoms with Gasteiger partial charge in [0.2, 0.25) is 10.0 Å². The van der Waals surface area contributed by atoms with E-state index in [2.05, 4.69) is 9.46 Å². The van der Waals surface area contributed by atoms with Gasteiger partial charge in [0.05, 0.1) is 43.3 Å². The number of nitro groups is 1. The molecular formula is C17H18N2O8S. The molecule has 150 valence electrons. The standard InChI is InChI=1S/C17H18N2O8S/c1-25-15-8-13(17(20)27-3)14(9-16(15)26-2)18-28(23,24)10-11-5-4-6-12(7-11)19(21)22/h4-9,18H,10H2,1-3H3. The minimum absolute atomic E-state index is 0.0741. The molecule has 0 amide bonds. The zero-order chi connectivity index (χ0) is 20.9. The molecule has 0 heterocycles. The third-order valence-corrected chi connectivity index (χ3v) is 4.92. The van der Waals surface area contributed by atoms with E-state index in [-0.39, 0.29) is 34.0 Å². The number of anilines is 1. The van der Waals surface area contributed by atoms with Crippen molar-refractivity contribution >= 4 is 27.4 Å². The Balaban J connectivity index is 2.40. The third kappa shape index (κ3) is 4.88. The van der Waals surface area contributed by atoms with Gasteiger partial charge in [0, 0.05) is 24.3 Å². The summed E-state index contributed by atoms with van der Waals surface area (Å²) in [5, 5.41) is 10.9. The molecule has 10 nitrogen and oxygen atoms in total. The lowest BCUT2D eigenvalue weighted by Crippen LogP contribution is -2.18. The van der Waals surface area contributed by atoms with E-state index in [1.165, 1.54) is 44.6 Å². The van der Waals surface area contributed by atoms with Gasteiger partial charge in [0.15, 0.2) is 11.5 Å². The summed E-state index contributed by atoms with van der Waals surface area (Å²) in [7, 11) is -0.138. The number of hydrogen-bond donors (Lipinski definition) is 1. The number of non-ortho nitro benzene ring substituents is 1. The van der Waals surface area contributed by atoms with Crippen LogP contribution in [0.5, 0.6) is 11.5 Å². The van der Waals surface area contributed by atoms with Gasteiger partial charge in [-0.2, -0.15) is 0 Å². The minimum atomic E-state index is -4.02. The lowest BCUT2D eigenvalue weighted by atomic mass is 10.1. The van der Waals surface area contributed by atoms with Crippen LogP contribution in [0.1, 0.15) is 15.9 Å². The van der Waals surface area contributed by atoms with Gasteiger partial charge < -0.3 is 14.2 Å². The number of nitrogens with zero attached hydrogens (tertiary/aromatic N) is 1. The number of methoxy groups -OCH3 is 3. The van der Waals surface area contributed by atoms with Crippen molar-refractivity contribution in [3.63, 3.8) is 0 Å². The maximum atomic E-state index is 12.6. The SMILES string of the molecule is COC(=O)c1cc(OC)c(OC)cc1NS(=O)(=O)Cc1cccc([N+](=O)[O-])c1. The molecule has 0 unspecified atom stereocenters. The number of nitro benzene ring substituents is 1. The van der Waals surface area contributed by atoms with Gasteiger partial charge in [0.25, 0.3) is 5.69 Å². The molecule has 11 heteroatoms. The summed E-state index contributed by atoms with van der Waals surface area (Å²) >= 11 is 0. The van der Waals surface area contributed by atoms with Gasteiger partial charge in [-0.1, -0.05) is 12.1 Å². The monoisotopic (exact) mass is 410 g/mol. The first-order valence-electron chi connectivity index (χ1n) is 7.79. The summed E-state index contributed by atoms with van der Waals surface area (Å²) in [6, 6.07) is 7.83. The van der Waals surface area contributed by atoms with E-state index in [4.69, 9.17) is 9.47 Å². The Morgan fingerprint density at radius 2 is 1.75 bits per heavy atom. The van der Waals surface area contributed by atoms with E-state index in [1.807, 2.05) is 0 Å². The molecule has 0 atom stereocenters. The molecule has 28 heavy (non-hydrogen) atoms. The second kappa shape index (κ2) is 8.57. The average Bonchev–Trinajstić information content (AvgIpc) is 2.66. The predicted octanol–water partition coefficient (Wildman–Crippen LogP) is 2.34. The van der Waals surface area contributed by atoms with Crippen molar-refractivity contribution in [2.45, 2.75) is 5.75 Å². The summed E-state index contributed by atoms with van der Waals surface area (Å²) in [4.78, 5) is 22.3. The molecule has 0 radical (unpaired) electrons. The van der Waals surface area contributed by atoms with Crippen molar-refractivity contribution in [2.75, 3.05) is 26.1 Å². The van der Waals surface area contributed by atoms with Crippen LogP contribution < -0.4 is 14.2 Å². The minimum Gasteiger partial charge on any atom is -0.493 e. The van der Waals surface area contributed by atoms with E-state index in [9.17, 15) is 23.3 Å². The Labute approximate surface area is 161 Å². The van der Waals surface area contributed by atoms with Crippen LogP contribution in [0.25, 0.3) is 0 Å². The normalized spacial score (nSPS) is 10.8. The molecule has 0 bridgehead atoms. The fourth-order valence-electron chi connectivity index (χ4n) is 2.43. The van der Waals surface area contributed by atoms with Crippen molar-refractivity contribution in [3.05, 3.63) is 57.6 Å². The molecule has 2 rings (SSSR count). The fourth-order valence-corrected chi connectivity index (χ4v) is 3.62. The van der Waals surface area contributed by atoms with Gasteiger partial charge in [-0.3, -0.25) is 14.8 Å². The topological polar surface area (TPSA) is 134 Å². The number of carbonyl (C=O) groups is 1. The molecule has 2 aromatic rings. The number of carbonyl (C=O) groups excluding carboxylic acids is 1. The number of hydrogen-bond acceptors (Lipinski definition) is 8. The van der Waals surface area contributed by atoms with Gasteiger partial charge >= 0.3 is 5.97 Å². The highest BCUT2D eigenvalue weighted by Gasteiger charge is 2.22. The Bertz CT molecular complexity index is 1000. The second-order valence-electron chi connectivity index (χ2n) is 5.53. The third-order valence-electron chi connectivity index (χ3n) is 3.67. The summed E-state index contributed by atoms with van der Waals surface area (Å²) in [6.07, 6.45) is 0. The number of rotatable bonds is 8. The smallest absolute Gasteiger partial charge is 0.340 e. The predicted molar refractivity (Wildman–Crippen MR) is 100 cm³/mol. The van der Waals surface area contributed by atoms with Crippen molar-refractivity contribution in [3.8, 4) is 11.5 Å². The molecule has 2 aromatic carbocycles. The van der Waals surface area contributed by atoms with Crippen molar-refractivity contribution in [1.82, 2.24) is 0 Å². The van der Waals surface area contributed by atoms with Crippen LogP contribution in [-0.2, 0) is 20.5 Å². The lowest BCUT2D eigenvalue weighted by molar-refractivity contribution is -0.384. The van der Waals surface area contributed by atoms with Crippen LogP contribution >= 0.6 is 0 Å². The molecule has 1 N–H and O–H groups in total. The van der Waals surface area contributed by atoms with E-state index in [0.29, 0.717) is 0 Å². The maximum Gasteiger partial charge on any atom is 0.340 e. The van der Waals surface area contributed by atoms with Crippen LogP contribution in [0.15, 0.2) is 36.4 Å². The molecule has 0 saturated carbocycles. The summed E-state index contributed by atoms with van der Waals surface area (Å²) in [5.41, 5.74) is -0.173. The van der Waals surface area contributed by atoms with Gasteiger partial charge in [-0.05, 0) is 5.56 Å². The Morgan fingerprint density at radius 1 is 1.11 bits per heavy atom. The van der Waals surface area contributed by atoms with E-state index >= 15 is 0 Å². The molecule has 0 aromatic heterocycles. The van der Waals surface area contributed by atoms with Gasteiger partial charge in [-0.15, -0.1) is 0 Å². The summed E-state index contributed by atoms with van der Waals surface area (Å²) in [5.74, 6) is -0.911. The van der Waals surface area contributed by atoms with Crippen LogP contribution in [0.4, 0.5) is 11.4 Å². The van der Waals surface area contributed by atoms with Gasteiger partial charge in [-0.25, -0.2) is 13.2 Å². The first-order valence-corrected chi connectivity index (χ1v) is 9.44. The molecule has 0 aliphatic heterocycles. The number of esters is 1. The average molecular weight is 410 g/mol. The van der Waals surface area contributed by atoms with Crippen molar-refractivity contribution in [2.24, 2.45) is 0 Å².